The van der Waals surface area contributed by atoms with Crippen LogP contribution in [0.15, 0.2) is 55.0 Å². The largest absolute Gasteiger partial charge is 0.352 e. The third-order valence-corrected chi connectivity index (χ3v) is 5.35. The van der Waals surface area contributed by atoms with E-state index in [9.17, 15) is 4.79 Å². The van der Waals surface area contributed by atoms with Crippen molar-refractivity contribution >= 4 is 23.3 Å². The number of aromatic nitrogens is 7. The van der Waals surface area contributed by atoms with Gasteiger partial charge in [0, 0.05) is 47.9 Å². The van der Waals surface area contributed by atoms with Gasteiger partial charge in [-0.25, -0.2) is 9.97 Å². The monoisotopic (exact) mass is 455 g/mol. The second-order valence-corrected chi connectivity index (χ2v) is 8.12. The number of carbonyl (C=O) groups is 1. The van der Waals surface area contributed by atoms with E-state index in [0.717, 1.165) is 33.9 Å². The molecule has 0 unspecified atom stereocenters. The zero-order chi connectivity index (χ0) is 23.7. The van der Waals surface area contributed by atoms with Gasteiger partial charge in [0.2, 0.25) is 5.95 Å². The molecule has 10 heteroatoms. The second-order valence-electron chi connectivity index (χ2n) is 8.12. The number of nitrogens with zero attached hydrogens (tertiary/aromatic N) is 6. The number of anilines is 2. The van der Waals surface area contributed by atoms with Crippen LogP contribution in [0.4, 0.5) is 11.8 Å². The van der Waals surface area contributed by atoms with E-state index in [4.69, 9.17) is 4.98 Å². The minimum Gasteiger partial charge on any atom is -0.352 e. The Morgan fingerprint density at radius 2 is 1.91 bits per heavy atom. The van der Waals surface area contributed by atoms with Crippen LogP contribution in [0.5, 0.6) is 0 Å². The Balaban J connectivity index is 1.40. The molecule has 3 N–H and O–H groups in total. The topological polar surface area (TPSA) is 118 Å². The summed E-state index contributed by atoms with van der Waals surface area (Å²) in [6.07, 6.45) is 5.68. The van der Waals surface area contributed by atoms with Crippen LogP contribution in [0.3, 0.4) is 0 Å². The summed E-state index contributed by atoms with van der Waals surface area (Å²) in [6.45, 7) is 6.98. The maximum Gasteiger partial charge on any atom is 0.251 e. The predicted molar refractivity (Wildman–Crippen MR) is 129 cm³/mol. The van der Waals surface area contributed by atoms with Crippen molar-refractivity contribution in [1.29, 1.82) is 0 Å². The predicted octanol–water partition coefficient (Wildman–Crippen LogP) is 3.47. The summed E-state index contributed by atoms with van der Waals surface area (Å²) in [5, 5.41) is 17.8. The Kier molecular flexibility index (Phi) is 5.54. The fraction of sp³-hybridized carbons (Fsp3) is 0.208. The molecule has 0 atom stereocenters. The Hall–Kier alpha value is -4.47. The molecule has 1 aromatic carbocycles. The van der Waals surface area contributed by atoms with Gasteiger partial charge in [0.25, 0.3) is 5.91 Å². The van der Waals surface area contributed by atoms with Crippen molar-refractivity contribution in [3.05, 3.63) is 77.5 Å². The van der Waals surface area contributed by atoms with E-state index in [1.165, 1.54) is 0 Å². The van der Waals surface area contributed by atoms with Crippen LogP contribution >= 0.6 is 0 Å². The first-order valence-corrected chi connectivity index (χ1v) is 11.0. The van der Waals surface area contributed by atoms with E-state index in [1.807, 2.05) is 78.6 Å². The van der Waals surface area contributed by atoms with Crippen molar-refractivity contribution in [2.75, 3.05) is 11.9 Å². The highest BCUT2D eigenvalue weighted by Gasteiger charge is 2.13. The normalized spacial score (nSPS) is 11.1. The van der Waals surface area contributed by atoms with Gasteiger partial charge in [-0.3, -0.25) is 19.0 Å². The molecule has 0 aliphatic heterocycles. The lowest BCUT2D eigenvalue weighted by atomic mass is 10.1. The number of nitrogens with one attached hydrogen (secondary N) is 3. The Morgan fingerprint density at radius 1 is 1.09 bits per heavy atom. The minimum absolute atomic E-state index is 0.0690. The van der Waals surface area contributed by atoms with Crippen LogP contribution in [-0.2, 0) is 6.54 Å². The molecule has 0 aliphatic carbocycles. The number of hydrogen-bond acceptors (Lipinski definition) is 6. The van der Waals surface area contributed by atoms with Crippen LogP contribution in [0, 0.1) is 13.8 Å². The number of amides is 1. The average molecular weight is 456 g/mol. The van der Waals surface area contributed by atoms with E-state index < -0.39 is 0 Å². The molecule has 5 rings (SSSR count). The van der Waals surface area contributed by atoms with Crippen molar-refractivity contribution in [3.8, 4) is 11.3 Å². The molecule has 4 aromatic heterocycles. The number of benzene rings is 1. The fourth-order valence-electron chi connectivity index (χ4n) is 3.74. The second kappa shape index (κ2) is 8.81. The highest BCUT2D eigenvalue weighted by molar-refractivity contribution is 5.94. The lowest BCUT2D eigenvalue weighted by Crippen LogP contribution is -2.22. The zero-order valence-corrected chi connectivity index (χ0v) is 19.2. The first-order chi connectivity index (χ1) is 16.5. The van der Waals surface area contributed by atoms with Crippen LogP contribution in [0.25, 0.3) is 16.9 Å². The van der Waals surface area contributed by atoms with E-state index in [2.05, 4.69) is 30.9 Å². The van der Waals surface area contributed by atoms with Crippen LogP contribution < -0.4 is 10.6 Å². The van der Waals surface area contributed by atoms with E-state index in [1.54, 1.807) is 6.20 Å². The fourth-order valence-corrected chi connectivity index (χ4v) is 3.74. The van der Waals surface area contributed by atoms with Gasteiger partial charge in [-0.1, -0.05) is 12.1 Å². The van der Waals surface area contributed by atoms with Crippen LogP contribution in [0.2, 0.25) is 0 Å². The number of hydrogen-bond donors (Lipinski definition) is 3. The molecular weight excluding hydrogens is 430 g/mol. The molecule has 0 aliphatic rings. The molecule has 0 fully saturated rings. The van der Waals surface area contributed by atoms with Gasteiger partial charge in [0.05, 0.1) is 24.1 Å². The number of fused-ring (bicyclic) bond motifs is 1. The van der Waals surface area contributed by atoms with E-state index in [0.29, 0.717) is 30.4 Å². The van der Waals surface area contributed by atoms with Gasteiger partial charge in [0.1, 0.15) is 5.65 Å². The van der Waals surface area contributed by atoms with Crippen molar-refractivity contribution in [2.45, 2.75) is 27.3 Å². The molecule has 0 saturated heterocycles. The quantitative estimate of drug-likeness (QED) is 0.346. The first-order valence-electron chi connectivity index (χ1n) is 11.0. The van der Waals surface area contributed by atoms with Gasteiger partial charge in [-0.15, -0.1) is 0 Å². The molecule has 1 amide bonds. The highest BCUT2D eigenvalue weighted by Crippen LogP contribution is 2.24. The van der Waals surface area contributed by atoms with E-state index in [-0.39, 0.29) is 5.91 Å². The van der Waals surface area contributed by atoms with Gasteiger partial charge in [-0.2, -0.15) is 10.2 Å². The standard InChI is InChI=1S/C24H25N9O/c1-4-25-23(34)18-7-5-17(6-8-18)13-32-14-19(11-26-32)20-10-22-27-16(3)12-33(22)24(28-20)29-21-9-15(2)30-31-21/h5-12,14H,4,13H2,1-3H3,(H,25,34)(H2,28,29,30,31). The SMILES string of the molecule is CCNC(=O)c1ccc(Cn2cc(-c3cc4nc(C)cn4c(Nc4cc(C)[nH]n4)n3)cn2)cc1. The summed E-state index contributed by atoms with van der Waals surface area (Å²) in [5.74, 6) is 1.23. The first kappa shape index (κ1) is 21.4. The van der Waals surface area contributed by atoms with Crippen molar-refractivity contribution < 1.29 is 4.79 Å². The number of imidazole rings is 1. The maximum absolute atomic E-state index is 12.0. The number of H-pyrrole nitrogens is 1. The van der Waals surface area contributed by atoms with Gasteiger partial charge in [-0.05, 0) is 38.5 Å². The van der Waals surface area contributed by atoms with Crippen molar-refractivity contribution in [2.24, 2.45) is 0 Å². The summed E-state index contributed by atoms with van der Waals surface area (Å²) >= 11 is 0. The molecule has 0 radical (unpaired) electrons. The molecule has 172 valence electrons. The van der Waals surface area contributed by atoms with Crippen LogP contribution in [0.1, 0.15) is 34.2 Å². The number of aromatic amines is 1. The molecule has 0 bridgehead atoms. The van der Waals surface area contributed by atoms with Gasteiger partial charge >= 0.3 is 0 Å². The van der Waals surface area contributed by atoms with E-state index >= 15 is 0 Å². The lowest BCUT2D eigenvalue weighted by molar-refractivity contribution is 0.0956. The Morgan fingerprint density at radius 3 is 2.65 bits per heavy atom. The molecule has 4 heterocycles. The summed E-state index contributed by atoms with van der Waals surface area (Å²) in [7, 11) is 0. The Bertz CT molecular complexity index is 1460. The molecule has 0 spiro atoms. The zero-order valence-electron chi connectivity index (χ0n) is 19.2. The molecular formula is C24H25N9O. The third kappa shape index (κ3) is 4.38. The van der Waals surface area contributed by atoms with Crippen LogP contribution in [-0.4, -0.2) is 46.8 Å². The molecule has 5 aromatic rings. The summed E-state index contributed by atoms with van der Waals surface area (Å²) in [4.78, 5) is 21.4. The maximum atomic E-state index is 12.0. The number of rotatable bonds is 7. The summed E-state index contributed by atoms with van der Waals surface area (Å²) < 4.78 is 3.76. The summed E-state index contributed by atoms with van der Waals surface area (Å²) in [5.41, 5.74) is 5.96. The van der Waals surface area contributed by atoms with Gasteiger partial charge < -0.3 is 10.6 Å². The number of aryl methyl sites for hydroxylation is 2. The molecule has 0 saturated carbocycles. The third-order valence-electron chi connectivity index (χ3n) is 5.35. The number of carbonyl (C=O) groups excluding carboxylic acids is 1. The van der Waals surface area contributed by atoms with Gasteiger partial charge in [0.15, 0.2) is 5.82 Å². The van der Waals surface area contributed by atoms with Crippen molar-refractivity contribution in [3.63, 3.8) is 0 Å². The molecule has 34 heavy (non-hydrogen) atoms. The summed E-state index contributed by atoms with van der Waals surface area (Å²) in [6, 6.07) is 11.4. The van der Waals surface area contributed by atoms with Crippen molar-refractivity contribution in [1.82, 2.24) is 39.7 Å². The minimum atomic E-state index is -0.0690. The smallest absolute Gasteiger partial charge is 0.251 e. The Labute approximate surface area is 196 Å². The average Bonchev–Trinajstić information content (AvgIpc) is 3.54. The lowest BCUT2D eigenvalue weighted by Gasteiger charge is -2.08. The highest BCUT2D eigenvalue weighted by atomic mass is 16.1. The molecule has 10 nitrogen and oxygen atoms in total.